The molecule has 6 rings (SSSR count). The SMILES string of the molecule is N=c1nc2cc(CC[C@H]3O[C@@H](n4ccc5c(N)ncnc54)[C@H](O)[C@@H]3O)ccc2c2n1CCN2. The zero-order chi connectivity index (χ0) is 22.7. The van der Waals surface area contributed by atoms with Crippen LogP contribution in [0.15, 0.2) is 36.8 Å². The van der Waals surface area contributed by atoms with Crippen molar-refractivity contribution in [1.29, 1.82) is 5.41 Å². The molecule has 0 unspecified atom stereocenters. The second-order valence-electron chi connectivity index (χ2n) is 8.52. The fourth-order valence-corrected chi connectivity index (χ4v) is 4.85. The van der Waals surface area contributed by atoms with Crippen LogP contribution in [0, 0.1) is 5.41 Å². The van der Waals surface area contributed by atoms with Crippen molar-refractivity contribution in [3.63, 3.8) is 0 Å². The average molecular weight is 448 g/mol. The number of fused-ring (bicyclic) bond motifs is 4. The van der Waals surface area contributed by atoms with E-state index in [0.29, 0.717) is 29.7 Å². The Kier molecular flexibility index (Phi) is 4.57. The van der Waals surface area contributed by atoms with Gasteiger partial charge in [-0.25, -0.2) is 15.0 Å². The highest BCUT2D eigenvalue weighted by Gasteiger charge is 2.43. The van der Waals surface area contributed by atoms with Crippen LogP contribution >= 0.6 is 0 Å². The number of aromatic nitrogens is 5. The van der Waals surface area contributed by atoms with Crippen LogP contribution < -0.4 is 16.7 Å². The number of hydrogen-bond donors (Lipinski definition) is 5. The zero-order valence-electron chi connectivity index (χ0n) is 17.7. The number of nitrogens with zero attached hydrogens (tertiary/aromatic N) is 5. The van der Waals surface area contributed by atoms with Gasteiger partial charge in [0.2, 0.25) is 5.62 Å². The van der Waals surface area contributed by atoms with Crippen molar-refractivity contribution in [3.8, 4) is 0 Å². The molecule has 0 amide bonds. The molecule has 0 aliphatic carbocycles. The van der Waals surface area contributed by atoms with Crippen molar-refractivity contribution in [3.05, 3.63) is 48.0 Å². The first-order valence-electron chi connectivity index (χ1n) is 10.9. The molecule has 33 heavy (non-hydrogen) atoms. The van der Waals surface area contributed by atoms with Crippen molar-refractivity contribution in [2.45, 2.75) is 43.9 Å². The Hall–Kier alpha value is -3.54. The number of anilines is 2. The van der Waals surface area contributed by atoms with Gasteiger partial charge in [0.25, 0.3) is 0 Å². The molecule has 1 saturated heterocycles. The number of hydrogen-bond acceptors (Lipinski definition) is 9. The molecule has 0 bridgehead atoms. The summed E-state index contributed by atoms with van der Waals surface area (Å²) in [7, 11) is 0. The van der Waals surface area contributed by atoms with Gasteiger partial charge in [-0.2, -0.15) is 0 Å². The van der Waals surface area contributed by atoms with Gasteiger partial charge in [-0.15, -0.1) is 0 Å². The number of aliphatic hydroxyl groups excluding tert-OH is 2. The average Bonchev–Trinajstić information content (AvgIpc) is 3.52. The Morgan fingerprint density at radius 2 is 2.06 bits per heavy atom. The molecule has 11 nitrogen and oxygen atoms in total. The molecule has 6 N–H and O–H groups in total. The number of aryl methyl sites for hydroxylation is 1. The molecule has 0 spiro atoms. The third-order valence-electron chi connectivity index (χ3n) is 6.57. The molecule has 4 aromatic rings. The van der Waals surface area contributed by atoms with Gasteiger partial charge >= 0.3 is 0 Å². The Morgan fingerprint density at radius 1 is 1.18 bits per heavy atom. The molecule has 1 aromatic carbocycles. The number of nitrogen functional groups attached to an aromatic ring is 1. The number of aliphatic hydroxyl groups is 2. The van der Waals surface area contributed by atoms with Gasteiger partial charge in [0, 0.05) is 24.7 Å². The van der Waals surface area contributed by atoms with E-state index in [1.165, 1.54) is 6.33 Å². The van der Waals surface area contributed by atoms with Crippen LogP contribution in [0.25, 0.3) is 21.9 Å². The summed E-state index contributed by atoms with van der Waals surface area (Å²) >= 11 is 0. The highest BCUT2D eigenvalue weighted by Crippen LogP contribution is 2.34. The second-order valence-corrected chi connectivity index (χ2v) is 8.52. The van der Waals surface area contributed by atoms with E-state index in [9.17, 15) is 10.2 Å². The lowest BCUT2D eigenvalue weighted by Crippen LogP contribution is -2.31. The monoisotopic (exact) mass is 448 g/mol. The Balaban J connectivity index is 1.22. The van der Waals surface area contributed by atoms with Crippen LogP contribution in [0.3, 0.4) is 0 Å². The summed E-state index contributed by atoms with van der Waals surface area (Å²) in [6, 6.07) is 7.79. The Labute approximate surface area is 188 Å². The minimum Gasteiger partial charge on any atom is -0.388 e. The smallest absolute Gasteiger partial charge is 0.224 e. The van der Waals surface area contributed by atoms with Gasteiger partial charge in [-0.1, -0.05) is 6.07 Å². The van der Waals surface area contributed by atoms with Crippen molar-refractivity contribution in [1.82, 2.24) is 24.1 Å². The highest BCUT2D eigenvalue weighted by atomic mass is 16.6. The number of benzene rings is 1. The first-order chi connectivity index (χ1) is 16.0. The first kappa shape index (κ1) is 20.1. The second kappa shape index (κ2) is 7.51. The minimum atomic E-state index is -1.10. The maximum absolute atomic E-state index is 10.7. The minimum absolute atomic E-state index is 0.239. The number of nitrogens with one attached hydrogen (secondary N) is 2. The molecular weight excluding hydrogens is 424 g/mol. The van der Waals surface area contributed by atoms with E-state index in [1.807, 2.05) is 22.8 Å². The number of ether oxygens (including phenoxy) is 1. The van der Waals surface area contributed by atoms with Crippen molar-refractivity contribution >= 4 is 33.6 Å². The Morgan fingerprint density at radius 3 is 2.94 bits per heavy atom. The maximum Gasteiger partial charge on any atom is 0.224 e. The summed E-state index contributed by atoms with van der Waals surface area (Å²) in [5, 5.41) is 34.5. The van der Waals surface area contributed by atoms with Gasteiger partial charge in [0.05, 0.1) is 17.0 Å². The summed E-state index contributed by atoms with van der Waals surface area (Å²) in [5.74, 6) is 1.28. The lowest BCUT2D eigenvalue weighted by atomic mass is 10.0. The highest BCUT2D eigenvalue weighted by molar-refractivity contribution is 5.90. The van der Waals surface area contributed by atoms with Crippen LogP contribution in [0.4, 0.5) is 11.6 Å². The normalized spacial score (nSPS) is 24.4. The molecule has 2 aliphatic heterocycles. The zero-order valence-corrected chi connectivity index (χ0v) is 17.7. The molecule has 0 radical (unpaired) electrons. The largest absolute Gasteiger partial charge is 0.388 e. The van der Waals surface area contributed by atoms with Gasteiger partial charge in [0.15, 0.2) is 6.23 Å². The van der Waals surface area contributed by atoms with E-state index in [4.69, 9.17) is 15.9 Å². The molecule has 1 fully saturated rings. The van der Waals surface area contributed by atoms with E-state index in [1.54, 1.807) is 16.8 Å². The first-order valence-corrected chi connectivity index (χ1v) is 10.9. The third kappa shape index (κ3) is 3.16. The van der Waals surface area contributed by atoms with E-state index in [2.05, 4.69) is 20.3 Å². The van der Waals surface area contributed by atoms with Crippen molar-refractivity contribution < 1.29 is 14.9 Å². The fraction of sp³-hybridized carbons (Fsp3) is 0.364. The number of rotatable bonds is 4. The van der Waals surface area contributed by atoms with Crippen LogP contribution in [0.5, 0.6) is 0 Å². The molecule has 0 saturated carbocycles. The van der Waals surface area contributed by atoms with Gasteiger partial charge in [-0.3, -0.25) is 9.98 Å². The summed E-state index contributed by atoms with van der Waals surface area (Å²) in [5.41, 5.74) is 8.48. The van der Waals surface area contributed by atoms with Gasteiger partial charge < -0.3 is 30.6 Å². The van der Waals surface area contributed by atoms with Crippen molar-refractivity contribution in [2.24, 2.45) is 0 Å². The van der Waals surface area contributed by atoms with Crippen LogP contribution in [0.1, 0.15) is 18.2 Å². The Bertz CT molecular complexity index is 1430. The molecule has 3 aromatic heterocycles. The topological polar surface area (TPSA) is 160 Å². The maximum atomic E-state index is 10.7. The lowest BCUT2D eigenvalue weighted by molar-refractivity contribution is -0.0364. The molecule has 5 heterocycles. The quantitative estimate of drug-likeness (QED) is 0.302. The third-order valence-corrected chi connectivity index (χ3v) is 6.57. The van der Waals surface area contributed by atoms with E-state index in [0.717, 1.165) is 35.4 Å². The summed E-state index contributed by atoms with van der Waals surface area (Å²) in [4.78, 5) is 12.7. The number of nitrogens with two attached hydrogens (primary N) is 1. The van der Waals surface area contributed by atoms with Gasteiger partial charge in [-0.05, 0) is 36.6 Å². The van der Waals surface area contributed by atoms with Gasteiger partial charge in [0.1, 0.15) is 35.8 Å². The molecule has 170 valence electrons. The molecule has 2 aliphatic rings. The van der Waals surface area contributed by atoms with Crippen LogP contribution in [-0.4, -0.2) is 59.2 Å². The van der Waals surface area contributed by atoms with E-state index >= 15 is 0 Å². The molecule has 4 atom stereocenters. The lowest BCUT2D eigenvalue weighted by Gasteiger charge is -2.17. The molecule has 11 heteroatoms. The van der Waals surface area contributed by atoms with E-state index in [-0.39, 0.29) is 5.62 Å². The molecular formula is C22H24N8O3. The summed E-state index contributed by atoms with van der Waals surface area (Å²) in [6.07, 6.45) is 0.791. The van der Waals surface area contributed by atoms with E-state index < -0.39 is 24.5 Å². The standard InChI is InChI=1S/C22H24N8O3/c23-18-13-5-7-29(20(13)27-10-26-18)21-17(32)16(31)15(33-21)4-2-11-1-3-12-14(9-11)28-22(24)30-8-6-25-19(12)30/h1,3,5,7,9-10,15-17,21,24-25,31-32H,2,4,6,8H2,(H2,23,26,27)/t15-,16-,17-,21-/m1/s1. The van der Waals surface area contributed by atoms with Crippen LogP contribution in [-0.2, 0) is 17.7 Å². The predicted molar refractivity (Wildman–Crippen MR) is 120 cm³/mol. The van der Waals surface area contributed by atoms with Crippen molar-refractivity contribution in [2.75, 3.05) is 17.6 Å². The summed E-state index contributed by atoms with van der Waals surface area (Å²) < 4.78 is 9.62. The fourth-order valence-electron chi connectivity index (χ4n) is 4.85. The summed E-state index contributed by atoms with van der Waals surface area (Å²) in [6.45, 7) is 1.54. The van der Waals surface area contributed by atoms with Crippen LogP contribution in [0.2, 0.25) is 0 Å². The predicted octanol–water partition coefficient (Wildman–Crippen LogP) is 0.520.